The fourth-order valence-corrected chi connectivity index (χ4v) is 3.80. The fourth-order valence-electron chi connectivity index (χ4n) is 3.80. The largest absolute Gasteiger partial charge is 0.480 e. The SMILES string of the molecule is CC(C)NCCCC(=O)N1C(C(=O)O)CC2CCCCC21. The van der Waals surface area contributed by atoms with Crippen molar-refractivity contribution in [2.45, 2.75) is 76.9 Å². The highest BCUT2D eigenvalue weighted by Gasteiger charge is 2.47. The zero-order valence-electron chi connectivity index (χ0n) is 13.2. The lowest BCUT2D eigenvalue weighted by Crippen LogP contribution is -2.46. The second-order valence-electron chi connectivity index (χ2n) is 6.72. The number of nitrogens with one attached hydrogen (secondary N) is 1. The minimum Gasteiger partial charge on any atom is -0.480 e. The first-order valence-corrected chi connectivity index (χ1v) is 8.28. The molecule has 2 aliphatic rings. The fraction of sp³-hybridized carbons (Fsp3) is 0.875. The van der Waals surface area contributed by atoms with Crippen molar-refractivity contribution in [2.75, 3.05) is 6.54 Å². The molecule has 5 nitrogen and oxygen atoms in total. The van der Waals surface area contributed by atoms with Crippen LogP contribution in [0.2, 0.25) is 0 Å². The summed E-state index contributed by atoms with van der Waals surface area (Å²) in [5, 5.41) is 12.7. The van der Waals surface area contributed by atoms with E-state index in [1.54, 1.807) is 4.90 Å². The summed E-state index contributed by atoms with van der Waals surface area (Å²) in [6.07, 6.45) is 6.22. The van der Waals surface area contributed by atoms with E-state index in [4.69, 9.17) is 0 Å². The first-order valence-electron chi connectivity index (χ1n) is 8.28. The van der Waals surface area contributed by atoms with Crippen LogP contribution in [-0.2, 0) is 9.59 Å². The summed E-state index contributed by atoms with van der Waals surface area (Å²) in [6, 6.07) is -0.00422. The van der Waals surface area contributed by atoms with Crippen molar-refractivity contribution in [1.29, 1.82) is 0 Å². The lowest BCUT2D eigenvalue weighted by molar-refractivity contribution is -0.149. The number of nitrogens with zero attached hydrogens (tertiary/aromatic N) is 1. The third-order valence-electron chi connectivity index (χ3n) is 4.78. The van der Waals surface area contributed by atoms with Crippen LogP contribution >= 0.6 is 0 Å². The van der Waals surface area contributed by atoms with Crippen molar-refractivity contribution in [1.82, 2.24) is 10.2 Å². The molecule has 1 aliphatic heterocycles. The van der Waals surface area contributed by atoms with Gasteiger partial charge in [0.1, 0.15) is 6.04 Å². The van der Waals surface area contributed by atoms with Gasteiger partial charge in [-0.05, 0) is 38.1 Å². The van der Waals surface area contributed by atoms with Gasteiger partial charge >= 0.3 is 5.97 Å². The Labute approximate surface area is 127 Å². The average Bonchev–Trinajstić information content (AvgIpc) is 2.83. The molecule has 1 amide bonds. The molecule has 3 unspecified atom stereocenters. The third kappa shape index (κ3) is 3.96. The van der Waals surface area contributed by atoms with E-state index in [2.05, 4.69) is 19.2 Å². The minimum absolute atomic E-state index is 0.0300. The van der Waals surface area contributed by atoms with Gasteiger partial charge < -0.3 is 15.3 Å². The third-order valence-corrected chi connectivity index (χ3v) is 4.78. The molecule has 120 valence electrons. The van der Waals surface area contributed by atoms with E-state index in [-0.39, 0.29) is 11.9 Å². The van der Waals surface area contributed by atoms with Crippen LogP contribution in [0.1, 0.15) is 58.8 Å². The first kappa shape index (κ1) is 16.3. The second kappa shape index (κ2) is 7.25. The molecule has 1 aliphatic carbocycles. The van der Waals surface area contributed by atoms with Gasteiger partial charge in [-0.3, -0.25) is 4.79 Å². The Bertz CT molecular complexity index is 384. The Morgan fingerprint density at radius 3 is 2.67 bits per heavy atom. The highest BCUT2D eigenvalue weighted by atomic mass is 16.4. The predicted octanol–water partition coefficient (Wildman–Crippen LogP) is 2.01. The lowest BCUT2D eigenvalue weighted by Gasteiger charge is -2.33. The molecule has 0 radical (unpaired) electrons. The molecule has 1 heterocycles. The van der Waals surface area contributed by atoms with Gasteiger partial charge in [0.15, 0.2) is 0 Å². The average molecular weight is 296 g/mol. The van der Waals surface area contributed by atoms with Crippen LogP contribution in [0.25, 0.3) is 0 Å². The van der Waals surface area contributed by atoms with Gasteiger partial charge in [0.2, 0.25) is 5.91 Å². The molecule has 21 heavy (non-hydrogen) atoms. The van der Waals surface area contributed by atoms with Crippen molar-refractivity contribution in [3.05, 3.63) is 0 Å². The summed E-state index contributed by atoms with van der Waals surface area (Å²) < 4.78 is 0. The van der Waals surface area contributed by atoms with E-state index in [1.807, 2.05) is 0 Å². The number of hydrogen-bond donors (Lipinski definition) is 2. The van der Waals surface area contributed by atoms with Crippen molar-refractivity contribution in [2.24, 2.45) is 5.92 Å². The first-order chi connectivity index (χ1) is 10.0. The number of rotatable bonds is 6. The highest BCUT2D eigenvalue weighted by molar-refractivity contribution is 5.84. The molecule has 2 fully saturated rings. The second-order valence-corrected chi connectivity index (χ2v) is 6.72. The smallest absolute Gasteiger partial charge is 0.326 e. The quantitative estimate of drug-likeness (QED) is 0.736. The molecule has 0 bridgehead atoms. The number of aliphatic carboxylic acids is 1. The van der Waals surface area contributed by atoms with E-state index in [9.17, 15) is 14.7 Å². The van der Waals surface area contributed by atoms with Gasteiger partial charge in [0, 0.05) is 18.5 Å². The maximum absolute atomic E-state index is 12.5. The molecule has 1 saturated carbocycles. The van der Waals surface area contributed by atoms with Gasteiger partial charge in [-0.25, -0.2) is 4.79 Å². The molecule has 2 rings (SSSR count). The van der Waals surface area contributed by atoms with Crippen molar-refractivity contribution in [3.8, 4) is 0 Å². The van der Waals surface area contributed by atoms with Gasteiger partial charge in [0.05, 0.1) is 0 Å². The number of carbonyl (C=O) groups excluding carboxylic acids is 1. The van der Waals surface area contributed by atoms with Crippen LogP contribution in [0, 0.1) is 5.92 Å². The summed E-state index contributed by atoms with van der Waals surface area (Å²) in [5.74, 6) is -0.405. The van der Waals surface area contributed by atoms with E-state index in [0.29, 0.717) is 24.8 Å². The maximum Gasteiger partial charge on any atom is 0.326 e. The van der Waals surface area contributed by atoms with E-state index in [1.165, 1.54) is 6.42 Å². The zero-order chi connectivity index (χ0) is 15.4. The normalized spacial score (nSPS) is 28.7. The number of carboxylic acids is 1. The molecule has 5 heteroatoms. The topological polar surface area (TPSA) is 69.6 Å². The Balaban J connectivity index is 1.93. The van der Waals surface area contributed by atoms with E-state index in [0.717, 1.165) is 32.2 Å². The van der Waals surface area contributed by atoms with Crippen molar-refractivity contribution >= 4 is 11.9 Å². The Hall–Kier alpha value is -1.10. The van der Waals surface area contributed by atoms with Crippen molar-refractivity contribution in [3.63, 3.8) is 0 Å². The van der Waals surface area contributed by atoms with Crippen LogP contribution in [0.5, 0.6) is 0 Å². The summed E-state index contributed by atoms with van der Waals surface area (Å²) in [7, 11) is 0. The van der Waals surface area contributed by atoms with Crippen LogP contribution in [0.15, 0.2) is 0 Å². The van der Waals surface area contributed by atoms with E-state index >= 15 is 0 Å². The summed E-state index contributed by atoms with van der Waals surface area (Å²) >= 11 is 0. The Morgan fingerprint density at radius 1 is 1.29 bits per heavy atom. The molecule has 0 spiro atoms. The molecule has 1 saturated heterocycles. The minimum atomic E-state index is -0.835. The molecular formula is C16H28N2O3. The number of fused-ring (bicyclic) bond motifs is 1. The van der Waals surface area contributed by atoms with E-state index < -0.39 is 12.0 Å². The number of amides is 1. The van der Waals surface area contributed by atoms with Crippen LogP contribution in [0.3, 0.4) is 0 Å². The number of carboxylic acid groups (broad SMARTS) is 1. The van der Waals surface area contributed by atoms with Crippen LogP contribution in [0.4, 0.5) is 0 Å². The molecule has 3 atom stereocenters. The van der Waals surface area contributed by atoms with Crippen LogP contribution < -0.4 is 5.32 Å². The van der Waals surface area contributed by atoms with Gasteiger partial charge in [-0.15, -0.1) is 0 Å². The molecule has 0 aromatic carbocycles. The number of hydrogen-bond acceptors (Lipinski definition) is 3. The van der Waals surface area contributed by atoms with Crippen LogP contribution in [-0.4, -0.2) is 46.6 Å². The number of carbonyl (C=O) groups is 2. The maximum atomic E-state index is 12.5. The van der Waals surface area contributed by atoms with Gasteiger partial charge in [-0.1, -0.05) is 26.7 Å². The Kier molecular flexibility index (Phi) is 5.62. The molecule has 2 N–H and O–H groups in total. The number of likely N-dealkylation sites (tertiary alicyclic amines) is 1. The van der Waals surface area contributed by atoms with Gasteiger partial charge in [-0.2, -0.15) is 0 Å². The Morgan fingerprint density at radius 2 is 2.00 bits per heavy atom. The summed E-state index contributed by atoms with van der Waals surface area (Å²) in [6.45, 7) is 4.97. The standard InChI is InChI=1S/C16H28N2O3/c1-11(2)17-9-5-8-15(19)18-13-7-4-3-6-12(13)10-14(18)16(20)21/h11-14,17H,3-10H2,1-2H3,(H,20,21). The monoisotopic (exact) mass is 296 g/mol. The highest BCUT2D eigenvalue weighted by Crippen LogP contribution is 2.40. The summed E-state index contributed by atoms with van der Waals surface area (Å²) in [4.78, 5) is 25.7. The molecular weight excluding hydrogens is 268 g/mol. The lowest BCUT2D eigenvalue weighted by atomic mass is 9.84. The predicted molar refractivity (Wildman–Crippen MR) is 81.0 cm³/mol. The van der Waals surface area contributed by atoms with Crippen molar-refractivity contribution < 1.29 is 14.7 Å². The summed E-state index contributed by atoms with van der Waals surface area (Å²) in [5.41, 5.74) is 0. The molecule has 0 aromatic heterocycles. The van der Waals surface area contributed by atoms with Gasteiger partial charge in [0.25, 0.3) is 0 Å². The zero-order valence-corrected chi connectivity index (χ0v) is 13.2. The molecule has 0 aromatic rings.